The van der Waals surface area contributed by atoms with E-state index in [1.807, 2.05) is 32.0 Å². The van der Waals surface area contributed by atoms with Crippen LogP contribution >= 0.6 is 11.6 Å². The van der Waals surface area contributed by atoms with Gasteiger partial charge in [0, 0.05) is 18.3 Å². The molecule has 0 aliphatic heterocycles. The van der Waals surface area contributed by atoms with Crippen LogP contribution in [0.2, 0.25) is 5.02 Å². The molecule has 0 radical (unpaired) electrons. The highest BCUT2D eigenvalue weighted by Crippen LogP contribution is 2.28. The first kappa shape index (κ1) is 18.3. The molecule has 0 bridgehead atoms. The third kappa shape index (κ3) is 3.88. The zero-order valence-electron chi connectivity index (χ0n) is 13.9. The Morgan fingerprint density at radius 1 is 1.17 bits per heavy atom. The van der Waals surface area contributed by atoms with E-state index in [4.69, 9.17) is 11.6 Å². The number of anilines is 2. The summed E-state index contributed by atoms with van der Waals surface area (Å²) in [4.78, 5) is 12.5. The number of aryl methyl sites for hydroxylation is 1. The Bertz CT molecular complexity index is 895. The number of nitrogens with one attached hydrogen (secondary N) is 1. The number of carbonyl (C=O) groups excluding carboxylic acids is 1. The van der Waals surface area contributed by atoms with E-state index in [-0.39, 0.29) is 16.6 Å². The van der Waals surface area contributed by atoms with Crippen molar-refractivity contribution in [2.24, 2.45) is 0 Å². The summed E-state index contributed by atoms with van der Waals surface area (Å²) >= 11 is 6.07. The van der Waals surface area contributed by atoms with Crippen LogP contribution in [0.3, 0.4) is 0 Å². The lowest BCUT2D eigenvalue weighted by atomic mass is 10.1. The molecule has 128 valence electrons. The van der Waals surface area contributed by atoms with Crippen LogP contribution in [0.25, 0.3) is 0 Å². The molecule has 0 aliphatic rings. The summed E-state index contributed by atoms with van der Waals surface area (Å²) in [5.74, 6) is -0.330. The SMILES string of the molecule is Cc1cccc(NC(=O)c2ccc(Cl)c(N(C)S(C)(=O)=O)c2)c1C. The third-order valence-corrected chi connectivity index (χ3v) is 5.41. The number of sulfonamides is 1. The smallest absolute Gasteiger partial charge is 0.255 e. The molecule has 0 unspecified atom stereocenters. The Kier molecular flexibility index (Phi) is 5.20. The second kappa shape index (κ2) is 6.83. The first-order valence-corrected chi connectivity index (χ1v) is 9.45. The molecule has 2 aromatic carbocycles. The molecule has 1 N–H and O–H groups in total. The van der Waals surface area contributed by atoms with E-state index in [1.54, 1.807) is 6.07 Å². The second-order valence-electron chi connectivity index (χ2n) is 5.60. The normalized spacial score (nSPS) is 11.2. The molecular weight excluding hydrogens is 348 g/mol. The van der Waals surface area contributed by atoms with Crippen LogP contribution in [-0.2, 0) is 10.0 Å². The van der Waals surface area contributed by atoms with Gasteiger partial charge in [-0.3, -0.25) is 9.10 Å². The van der Waals surface area contributed by atoms with Crippen LogP contribution in [0.1, 0.15) is 21.5 Å². The van der Waals surface area contributed by atoms with Crippen molar-refractivity contribution in [3.8, 4) is 0 Å². The number of hydrogen-bond donors (Lipinski definition) is 1. The summed E-state index contributed by atoms with van der Waals surface area (Å²) in [5, 5.41) is 3.10. The second-order valence-corrected chi connectivity index (χ2v) is 8.02. The largest absolute Gasteiger partial charge is 0.322 e. The van der Waals surface area contributed by atoms with Gasteiger partial charge in [-0.15, -0.1) is 0 Å². The predicted octanol–water partition coefficient (Wildman–Crippen LogP) is 3.60. The quantitative estimate of drug-likeness (QED) is 0.898. The summed E-state index contributed by atoms with van der Waals surface area (Å²) < 4.78 is 24.5. The van der Waals surface area contributed by atoms with Crippen LogP contribution in [0.5, 0.6) is 0 Å². The Balaban J connectivity index is 2.36. The van der Waals surface area contributed by atoms with Crippen molar-refractivity contribution in [2.45, 2.75) is 13.8 Å². The van der Waals surface area contributed by atoms with Crippen LogP contribution in [0.4, 0.5) is 11.4 Å². The first-order valence-electron chi connectivity index (χ1n) is 7.22. The molecule has 0 fully saturated rings. The van der Waals surface area contributed by atoms with Crippen molar-refractivity contribution in [3.63, 3.8) is 0 Å². The Morgan fingerprint density at radius 2 is 1.83 bits per heavy atom. The minimum Gasteiger partial charge on any atom is -0.322 e. The van der Waals surface area contributed by atoms with Gasteiger partial charge < -0.3 is 5.32 Å². The van der Waals surface area contributed by atoms with E-state index in [2.05, 4.69) is 5.32 Å². The summed E-state index contributed by atoms with van der Waals surface area (Å²) in [6.45, 7) is 3.89. The molecule has 7 heteroatoms. The van der Waals surface area contributed by atoms with Gasteiger partial charge in [0.15, 0.2) is 0 Å². The minimum atomic E-state index is -3.47. The molecule has 0 aliphatic carbocycles. The molecule has 0 heterocycles. The number of halogens is 1. The zero-order chi connectivity index (χ0) is 18.1. The third-order valence-electron chi connectivity index (χ3n) is 3.90. The van der Waals surface area contributed by atoms with Crippen molar-refractivity contribution in [2.75, 3.05) is 22.9 Å². The highest BCUT2D eigenvalue weighted by Gasteiger charge is 2.18. The van der Waals surface area contributed by atoms with E-state index in [9.17, 15) is 13.2 Å². The Labute approximate surface area is 147 Å². The average Bonchev–Trinajstić information content (AvgIpc) is 2.50. The van der Waals surface area contributed by atoms with Gasteiger partial charge in [-0.2, -0.15) is 0 Å². The van der Waals surface area contributed by atoms with Gasteiger partial charge in [0.2, 0.25) is 10.0 Å². The lowest BCUT2D eigenvalue weighted by molar-refractivity contribution is 0.102. The molecule has 2 rings (SSSR count). The van der Waals surface area contributed by atoms with Crippen molar-refractivity contribution < 1.29 is 13.2 Å². The van der Waals surface area contributed by atoms with E-state index in [0.717, 1.165) is 21.7 Å². The van der Waals surface area contributed by atoms with Crippen LogP contribution in [-0.4, -0.2) is 27.6 Å². The summed E-state index contributed by atoms with van der Waals surface area (Å²) in [5.41, 5.74) is 3.35. The summed E-state index contributed by atoms with van der Waals surface area (Å²) in [7, 11) is -2.08. The molecule has 0 spiro atoms. The number of rotatable bonds is 4. The van der Waals surface area contributed by atoms with Crippen LogP contribution < -0.4 is 9.62 Å². The molecule has 24 heavy (non-hydrogen) atoms. The van der Waals surface area contributed by atoms with Gasteiger partial charge in [0.1, 0.15) is 0 Å². The molecule has 5 nitrogen and oxygen atoms in total. The van der Waals surface area contributed by atoms with Gasteiger partial charge in [0.25, 0.3) is 5.91 Å². The molecule has 2 aromatic rings. The zero-order valence-corrected chi connectivity index (χ0v) is 15.5. The standard InChI is InChI=1S/C17H19ClN2O3S/c1-11-6-5-7-15(12(11)2)19-17(21)13-8-9-14(18)16(10-13)20(3)24(4,22)23/h5-10H,1-4H3,(H,19,21). The molecule has 0 aromatic heterocycles. The maximum Gasteiger partial charge on any atom is 0.255 e. The summed E-state index contributed by atoms with van der Waals surface area (Å²) in [6, 6.07) is 10.2. The highest BCUT2D eigenvalue weighted by molar-refractivity contribution is 7.92. The van der Waals surface area contributed by atoms with E-state index >= 15 is 0 Å². The molecule has 0 saturated carbocycles. The van der Waals surface area contributed by atoms with Gasteiger partial charge in [-0.05, 0) is 49.2 Å². The van der Waals surface area contributed by atoms with E-state index in [0.29, 0.717) is 11.3 Å². The number of carbonyl (C=O) groups is 1. The fourth-order valence-corrected chi connectivity index (χ4v) is 2.96. The highest BCUT2D eigenvalue weighted by atomic mass is 35.5. The fraction of sp³-hybridized carbons (Fsp3) is 0.235. The van der Waals surface area contributed by atoms with Gasteiger partial charge in [-0.1, -0.05) is 23.7 Å². The van der Waals surface area contributed by atoms with Crippen molar-refractivity contribution in [1.82, 2.24) is 0 Å². The van der Waals surface area contributed by atoms with Crippen molar-refractivity contribution >= 4 is 38.9 Å². The van der Waals surface area contributed by atoms with Crippen LogP contribution in [0.15, 0.2) is 36.4 Å². The van der Waals surface area contributed by atoms with Crippen molar-refractivity contribution in [3.05, 3.63) is 58.1 Å². The molecule has 0 atom stereocenters. The Hall–Kier alpha value is -2.05. The number of amides is 1. The monoisotopic (exact) mass is 366 g/mol. The van der Waals surface area contributed by atoms with E-state index < -0.39 is 10.0 Å². The average molecular weight is 367 g/mol. The number of nitrogens with zero attached hydrogens (tertiary/aromatic N) is 1. The first-order chi connectivity index (χ1) is 11.1. The molecule has 0 saturated heterocycles. The van der Waals surface area contributed by atoms with Crippen molar-refractivity contribution in [1.29, 1.82) is 0 Å². The minimum absolute atomic E-state index is 0.256. The molecule has 1 amide bonds. The maximum absolute atomic E-state index is 12.5. The van der Waals surface area contributed by atoms with Gasteiger partial charge in [0.05, 0.1) is 17.0 Å². The maximum atomic E-state index is 12.5. The topological polar surface area (TPSA) is 66.5 Å². The number of benzene rings is 2. The fourth-order valence-electron chi connectivity index (χ4n) is 2.15. The lowest BCUT2D eigenvalue weighted by Crippen LogP contribution is -2.25. The lowest BCUT2D eigenvalue weighted by Gasteiger charge is -2.19. The number of hydrogen-bond acceptors (Lipinski definition) is 3. The predicted molar refractivity (Wildman–Crippen MR) is 98.6 cm³/mol. The Morgan fingerprint density at radius 3 is 2.46 bits per heavy atom. The van der Waals surface area contributed by atoms with E-state index in [1.165, 1.54) is 19.2 Å². The van der Waals surface area contributed by atoms with Gasteiger partial charge in [-0.25, -0.2) is 8.42 Å². The van der Waals surface area contributed by atoms with Gasteiger partial charge >= 0.3 is 0 Å². The van der Waals surface area contributed by atoms with Crippen LogP contribution in [0, 0.1) is 13.8 Å². The summed E-state index contributed by atoms with van der Waals surface area (Å²) in [6.07, 6.45) is 1.08. The molecular formula is C17H19ClN2O3S.